The third-order valence-corrected chi connectivity index (χ3v) is 9.34. The molecule has 6 nitrogen and oxygen atoms in total. The van der Waals surface area contributed by atoms with Crippen LogP contribution in [-0.4, -0.2) is 62.2 Å². The number of rotatable bonds is 13. The number of methoxy groups -OCH3 is 1. The number of nitrogens with one attached hydrogen (secondary N) is 1. The number of thioether (sulfide) groups is 1. The van der Waals surface area contributed by atoms with Gasteiger partial charge in [0.2, 0.25) is 0 Å². The Labute approximate surface area is 223 Å². The first-order valence-corrected chi connectivity index (χ1v) is 15.2. The van der Waals surface area contributed by atoms with Crippen LogP contribution in [-0.2, 0) is 10.3 Å². The number of hydrogen-bond donors (Lipinski definition) is 3. The van der Waals surface area contributed by atoms with Crippen molar-refractivity contribution in [3.63, 3.8) is 0 Å². The van der Waals surface area contributed by atoms with Crippen LogP contribution in [0.2, 0.25) is 0 Å². The molecule has 3 rings (SSSR count). The zero-order valence-corrected chi connectivity index (χ0v) is 23.5. The minimum atomic E-state index is -1.03. The third kappa shape index (κ3) is 7.40. The van der Waals surface area contributed by atoms with Crippen LogP contribution >= 0.6 is 11.8 Å². The van der Waals surface area contributed by atoms with Gasteiger partial charge in [-0.25, -0.2) is 4.79 Å². The summed E-state index contributed by atoms with van der Waals surface area (Å²) >= 11 is 1.70. The smallest absolute Gasteiger partial charge is 0.315 e. The summed E-state index contributed by atoms with van der Waals surface area (Å²) in [6.45, 7) is 2.19. The number of hydrogen-bond acceptors (Lipinski definition) is 5. The van der Waals surface area contributed by atoms with E-state index in [-0.39, 0.29) is 23.9 Å². The number of ether oxygens (including phenoxy) is 1. The number of carbonyl (C=O) groups excluding carboxylic acids is 1. The van der Waals surface area contributed by atoms with Gasteiger partial charge in [0.25, 0.3) is 0 Å². The average Bonchev–Trinajstić information content (AvgIpc) is 2.91. The third-order valence-electron chi connectivity index (χ3n) is 8.62. The van der Waals surface area contributed by atoms with E-state index in [9.17, 15) is 9.90 Å². The molecule has 7 heteroatoms. The van der Waals surface area contributed by atoms with E-state index in [1.807, 2.05) is 11.9 Å². The molecule has 1 aliphatic heterocycles. The molecule has 1 aromatic carbocycles. The van der Waals surface area contributed by atoms with Crippen molar-refractivity contribution in [2.24, 2.45) is 23.5 Å². The van der Waals surface area contributed by atoms with E-state index in [2.05, 4.69) is 35.8 Å². The van der Waals surface area contributed by atoms with Crippen molar-refractivity contribution in [3.8, 4) is 0 Å². The molecule has 0 bridgehead atoms. The van der Waals surface area contributed by atoms with Gasteiger partial charge in [-0.05, 0) is 87.9 Å². The fourth-order valence-corrected chi connectivity index (χ4v) is 7.37. The maximum atomic E-state index is 12.8. The molecule has 0 spiro atoms. The molecule has 0 aromatic heterocycles. The van der Waals surface area contributed by atoms with Gasteiger partial charge >= 0.3 is 6.03 Å². The highest BCUT2D eigenvalue weighted by atomic mass is 32.2. The van der Waals surface area contributed by atoms with Gasteiger partial charge < -0.3 is 25.8 Å². The quantitative estimate of drug-likeness (QED) is 0.241. The van der Waals surface area contributed by atoms with E-state index in [4.69, 9.17) is 10.5 Å². The van der Waals surface area contributed by atoms with Gasteiger partial charge in [-0.3, -0.25) is 0 Å². The van der Waals surface area contributed by atoms with Crippen molar-refractivity contribution in [2.75, 3.05) is 40.1 Å². The molecule has 2 unspecified atom stereocenters. The summed E-state index contributed by atoms with van der Waals surface area (Å²) in [5.74, 6) is 0.870. The summed E-state index contributed by atoms with van der Waals surface area (Å²) in [4.78, 5) is 15.8. The van der Waals surface area contributed by atoms with E-state index in [0.717, 1.165) is 49.1 Å². The van der Waals surface area contributed by atoms with Gasteiger partial charge in [0.15, 0.2) is 0 Å². The summed E-state index contributed by atoms with van der Waals surface area (Å²) in [7, 11) is 3.73. The van der Waals surface area contributed by atoms with Crippen LogP contribution in [0.25, 0.3) is 0 Å². The monoisotopic (exact) mass is 519 g/mol. The van der Waals surface area contributed by atoms with E-state index >= 15 is 0 Å². The van der Waals surface area contributed by atoms with Crippen LogP contribution < -0.4 is 11.1 Å². The summed E-state index contributed by atoms with van der Waals surface area (Å²) in [6, 6.07) is 7.93. The number of aliphatic hydroxyl groups is 1. The lowest BCUT2D eigenvalue weighted by atomic mass is 9.65. The minimum absolute atomic E-state index is 0.0691. The van der Waals surface area contributed by atoms with Crippen LogP contribution in [0.15, 0.2) is 29.2 Å². The maximum Gasteiger partial charge on any atom is 0.315 e. The van der Waals surface area contributed by atoms with E-state index in [0.29, 0.717) is 25.5 Å². The number of nitrogens with two attached hydrogens (primary N) is 1. The highest BCUT2D eigenvalue weighted by Gasteiger charge is 2.49. The predicted molar refractivity (Wildman–Crippen MR) is 149 cm³/mol. The van der Waals surface area contributed by atoms with Crippen molar-refractivity contribution in [3.05, 3.63) is 29.8 Å². The molecule has 36 heavy (non-hydrogen) atoms. The molecule has 2 fully saturated rings. The Bertz CT molecular complexity index is 804. The fourth-order valence-electron chi connectivity index (χ4n) is 6.91. The maximum absolute atomic E-state index is 12.8. The summed E-state index contributed by atoms with van der Waals surface area (Å²) < 4.78 is 5.31. The molecule has 2 aliphatic rings. The number of piperidine rings is 1. The lowest BCUT2D eigenvalue weighted by molar-refractivity contribution is -0.0936. The summed E-state index contributed by atoms with van der Waals surface area (Å²) in [5.41, 5.74) is 5.95. The van der Waals surface area contributed by atoms with Crippen LogP contribution in [0.3, 0.4) is 0 Å². The SMILES string of the molecule is CNC[C@H](CC1CCCCC1)C1C([C@@](O)(CCCCOC)c2cccc(SC)c2)CCCN1C(N)=O. The van der Waals surface area contributed by atoms with E-state index in [1.165, 1.54) is 32.1 Å². The lowest BCUT2D eigenvalue weighted by Crippen LogP contribution is -2.60. The molecular formula is C29H49N3O3S. The Morgan fingerprint density at radius 3 is 2.69 bits per heavy atom. The normalized spacial score (nSPS) is 23.8. The van der Waals surface area contributed by atoms with Gasteiger partial charge in [-0.15, -0.1) is 11.8 Å². The molecule has 1 saturated heterocycles. The molecule has 1 saturated carbocycles. The first-order valence-electron chi connectivity index (χ1n) is 14.0. The lowest BCUT2D eigenvalue weighted by Gasteiger charge is -2.51. The van der Waals surface area contributed by atoms with Crippen LogP contribution in [0.5, 0.6) is 0 Å². The summed E-state index contributed by atoms with van der Waals surface area (Å²) in [5, 5.41) is 16.1. The Balaban J connectivity index is 2.01. The number of amides is 2. The van der Waals surface area contributed by atoms with Crippen molar-refractivity contribution in [2.45, 2.75) is 87.2 Å². The molecule has 4 N–H and O–H groups in total. The molecule has 1 heterocycles. The molecule has 0 radical (unpaired) electrons. The summed E-state index contributed by atoms with van der Waals surface area (Å²) in [6.07, 6.45) is 13.8. The minimum Gasteiger partial charge on any atom is -0.385 e. The van der Waals surface area contributed by atoms with Gasteiger partial charge in [-0.2, -0.15) is 0 Å². The van der Waals surface area contributed by atoms with Crippen molar-refractivity contribution in [1.82, 2.24) is 10.2 Å². The van der Waals surface area contributed by atoms with Crippen molar-refractivity contribution in [1.29, 1.82) is 0 Å². The van der Waals surface area contributed by atoms with Gasteiger partial charge in [0.05, 0.1) is 5.60 Å². The van der Waals surface area contributed by atoms with Gasteiger partial charge in [0.1, 0.15) is 0 Å². The number of unbranched alkanes of at least 4 members (excludes halogenated alkanes) is 1. The van der Waals surface area contributed by atoms with E-state index < -0.39 is 5.60 Å². The first-order chi connectivity index (χ1) is 17.4. The largest absolute Gasteiger partial charge is 0.385 e. The Morgan fingerprint density at radius 2 is 2.03 bits per heavy atom. The number of carbonyl (C=O) groups is 1. The Kier molecular flexibility index (Phi) is 11.9. The molecule has 1 aromatic rings. The number of primary amides is 1. The zero-order chi connectivity index (χ0) is 26.0. The highest BCUT2D eigenvalue weighted by molar-refractivity contribution is 7.98. The van der Waals surface area contributed by atoms with Crippen molar-refractivity contribution < 1.29 is 14.6 Å². The topological polar surface area (TPSA) is 87.8 Å². The molecule has 1 aliphatic carbocycles. The second kappa shape index (κ2) is 14.6. The number of likely N-dealkylation sites (tertiary alicyclic amines) is 1. The van der Waals surface area contributed by atoms with Crippen LogP contribution in [0, 0.1) is 17.8 Å². The standard InChI is InChI=1S/C29H49N3O3S/c1-31-21-23(19-22-11-5-4-6-12-22)27-26(15-10-17-32(27)28(30)33)29(34,16-7-8-18-35-2)24-13-9-14-25(20-24)36-3/h9,13-14,20,22-23,26-27,31,34H,4-8,10-12,15-19,21H2,1-3H3,(H2,30,33)/t23-,26?,27?,29+/m0/s1. The molecular weight excluding hydrogens is 470 g/mol. The highest BCUT2D eigenvalue weighted by Crippen LogP contribution is 2.46. The number of benzene rings is 1. The molecule has 4 atom stereocenters. The molecule has 2 amide bonds. The second-order valence-corrected chi connectivity index (χ2v) is 11.8. The van der Waals surface area contributed by atoms with Crippen LogP contribution in [0.4, 0.5) is 4.79 Å². The van der Waals surface area contributed by atoms with Crippen LogP contribution in [0.1, 0.15) is 76.2 Å². The fraction of sp³-hybridized carbons (Fsp3) is 0.759. The van der Waals surface area contributed by atoms with Gasteiger partial charge in [-0.1, -0.05) is 44.2 Å². The first kappa shape index (κ1) is 29.3. The Morgan fingerprint density at radius 1 is 1.25 bits per heavy atom. The number of urea groups is 1. The van der Waals surface area contributed by atoms with E-state index in [1.54, 1.807) is 18.9 Å². The Hall–Kier alpha value is -1.28. The number of nitrogens with zero attached hydrogens (tertiary/aromatic N) is 1. The predicted octanol–water partition coefficient (Wildman–Crippen LogP) is 5.38. The van der Waals surface area contributed by atoms with Gasteiger partial charge in [0, 0.05) is 37.1 Å². The average molecular weight is 520 g/mol. The molecule has 204 valence electrons. The zero-order valence-electron chi connectivity index (χ0n) is 22.7. The van der Waals surface area contributed by atoms with Crippen molar-refractivity contribution >= 4 is 17.8 Å². The second-order valence-electron chi connectivity index (χ2n) is 10.9.